The minimum atomic E-state index is -0.970. The van der Waals surface area contributed by atoms with Gasteiger partial charge in [-0.15, -0.1) is 11.6 Å². The molecule has 88 valence electrons. The van der Waals surface area contributed by atoms with E-state index in [2.05, 4.69) is 5.32 Å². The highest BCUT2D eigenvalue weighted by molar-refractivity contribution is 6.27. The maximum absolute atomic E-state index is 12.7. The molecule has 1 aromatic rings. The average molecular weight is 250 g/mol. The van der Waals surface area contributed by atoms with Crippen molar-refractivity contribution in [3.8, 4) is 5.75 Å². The van der Waals surface area contributed by atoms with Crippen LogP contribution in [0.3, 0.4) is 0 Å². The maximum Gasteiger partial charge on any atom is 0.235 e. The minimum Gasteiger partial charge on any atom is -0.492 e. The van der Waals surface area contributed by atoms with E-state index in [1.807, 2.05) is 0 Å². The number of halogens is 3. The van der Waals surface area contributed by atoms with Gasteiger partial charge in [0.25, 0.3) is 0 Å². The first-order valence-electron chi connectivity index (χ1n) is 4.54. The molecule has 1 amide bonds. The van der Waals surface area contributed by atoms with E-state index in [9.17, 15) is 13.6 Å². The smallest absolute Gasteiger partial charge is 0.235 e. The number of nitrogens with one attached hydrogen (secondary N) is 1. The number of hydrogen-bond acceptors (Lipinski definition) is 2. The molecule has 1 rings (SSSR count). The van der Waals surface area contributed by atoms with Gasteiger partial charge < -0.3 is 10.1 Å². The topological polar surface area (TPSA) is 38.3 Å². The average Bonchev–Trinajstić information content (AvgIpc) is 2.28. The van der Waals surface area contributed by atoms with Crippen LogP contribution in [0.15, 0.2) is 18.2 Å². The Bertz CT molecular complexity index is 374. The summed E-state index contributed by atoms with van der Waals surface area (Å²) in [5.74, 6) is -2.12. The summed E-state index contributed by atoms with van der Waals surface area (Å²) < 4.78 is 30.3. The lowest BCUT2D eigenvalue weighted by atomic mass is 10.3. The van der Waals surface area contributed by atoms with Crippen LogP contribution in [-0.4, -0.2) is 24.9 Å². The Morgan fingerprint density at radius 3 is 2.75 bits per heavy atom. The molecule has 0 heterocycles. The standard InChI is InChI=1S/C10H10ClF2NO2/c11-6-10(15)14-3-4-16-7-1-2-8(12)9(13)5-7/h1-2,5H,3-4,6H2,(H,14,15). The Labute approximate surface area is 96.4 Å². The van der Waals surface area contributed by atoms with Crippen LogP contribution in [0, 0.1) is 11.6 Å². The number of ether oxygens (including phenoxy) is 1. The number of rotatable bonds is 5. The van der Waals surface area contributed by atoms with Gasteiger partial charge in [0.05, 0.1) is 6.54 Å². The molecular formula is C10H10ClF2NO2. The Hall–Kier alpha value is -1.36. The van der Waals surface area contributed by atoms with Gasteiger partial charge in [0.15, 0.2) is 11.6 Å². The fourth-order valence-corrected chi connectivity index (χ4v) is 1.07. The summed E-state index contributed by atoms with van der Waals surface area (Å²) >= 11 is 5.24. The van der Waals surface area contributed by atoms with Gasteiger partial charge in [0.2, 0.25) is 5.91 Å². The molecule has 0 fully saturated rings. The predicted octanol–water partition coefficient (Wildman–Crippen LogP) is 1.70. The Kier molecular flexibility index (Phi) is 4.98. The van der Waals surface area contributed by atoms with E-state index in [4.69, 9.17) is 16.3 Å². The second-order valence-electron chi connectivity index (χ2n) is 2.91. The molecule has 1 N–H and O–H groups in total. The zero-order valence-corrected chi connectivity index (χ0v) is 9.06. The van der Waals surface area contributed by atoms with Gasteiger partial charge in [0, 0.05) is 6.07 Å². The van der Waals surface area contributed by atoms with Crippen molar-refractivity contribution in [3.63, 3.8) is 0 Å². The Morgan fingerprint density at radius 1 is 1.38 bits per heavy atom. The molecule has 0 spiro atoms. The molecule has 0 aliphatic heterocycles. The van der Waals surface area contributed by atoms with Gasteiger partial charge >= 0.3 is 0 Å². The lowest BCUT2D eigenvalue weighted by Gasteiger charge is -2.06. The molecular weight excluding hydrogens is 240 g/mol. The normalized spacial score (nSPS) is 9.94. The summed E-state index contributed by atoms with van der Waals surface area (Å²) in [6.07, 6.45) is 0. The molecule has 0 bridgehead atoms. The van der Waals surface area contributed by atoms with Crippen LogP contribution in [0.5, 0.6) is 5.75 Å². The SMILES string of the molecule is O=C(CCl)NCCOc1ccc(F)c(F)c1. The largest absolute Gasteiger partial charge is 0.492 e. The molecule has 3 nitrogen and oxygen atoms in total. The van der Waals surface area contributed by atoms with Gasteiger partial charge in [-0.05, 0) is 12.1 Å². The van der Waals surface area contributed by atoms with E-state index >= 15 is 0 Å². The number of amides is 1. The molecule has 0 aliphatic rings. The zero-order chi connectivity index (χ0) is 12.0. The highest BCUT2D eigenvalue weighted by atomic mass is 35.5. The van der Waals surface area contributed by atoms with Crippen molar-refractivity contribution < 1.29 is 18.3 Å². The van der Waals surface area contributed by atoms with Gasteiger partial charge in [0.1, 0.15) is 18.2 Å². The van der Waals surface area contributed by atoms with Crippen molar-refractivity contribution in [3.05, 3.63) is 29.8 Å². The quantitative estimate of drug-likeness (QED) is 0.637. The lowest BCUT2D eigenvalue weighted by molar-refractivity contribution is -0.118. The summed E-state index contributed by atoms with van der Waals surface area (Å²) in [6.45, 7) is 0.415. The van der Waals surface area contributed by atoms with Crippen LogP contribution in [0.4, 0.5) is 8.78 Å². The second kappa shape index (κ2) is 6.27. The summed E-state index contributed by atoms with van der Waals surface area (Å²) in [6, 6.07) is 3.22. The van der Waals surface area contributed by atoms with Crippen molar-refractivity contribution in [1.29, 1.82) is 0 Å². The number of hydrogen-bond donors (Lipinski definition) is 1. The summed E-state index contributed by atoms with van der Waals surface area (Å²) in [4.78, 5) is 10.7. The van der Waals surface area contributed by atoms with E-state index < -0.39 is 11.6 Å². The zero-order valence-electron chi connectivity index (χ0n) is 8.30. The van der Waals surface area contributed by atoms with E-state index in [0.717, 1.165) is 12.1 Å². The van der Waals surface area contributed by atoms with Crippen molar-refractivity contribution in [2.75, 3.05) is 19.0 Å². The first kappa shape index (κ1) is 12.7. The first-order chi connectivity index (χ1) is 7.63. The minimum absolute atomic E-state index is 0.120. The summed E-state index contributed by atoms with van der Waals surface area (Å²) in [5.41, 5.74) is 0. The van der Waals surface area contributed by atoms with Crippen molar-refractivity contribution in [2.24, 2.45) is 0 Å². The number of carbonyl (C=O) groups is 1. The third-order valence-corrected chi connectivity index (χ3v) is 1.95. The lowest BCUT2D eigenvalue weighted by Crippen LogP contribution is -2.28. The Morgan fingerprint density at radius 2 is 2.12 bits per heavy atom. The van der Waals surface area contributed by atoms with Crippen LogP contribution in [0.1, 0.15) is 0 Å². The second-order valence-corrected chi connectivity index (χ2v) is 3.18. The molecule has 0 unspecified atom stereocenters. The molecule has 0 saturated heterocycles. The predicted molar refractivity (Wildman–Crippen MR) is 55.6 cm³/mol. The van der Waals surface area contributed by atoms with E-state index in [-0.39, 0.29) is 30.7 Å². The van der Waals surface area contributed by atoms with Gasteiger partial charge in [-0.25, -0.2) is 8.78 Å². The summed E-state index contributed by atoms with van der Waals surface area (Å²) in [7, 11) is 0. The van der Waals surface area contributed by atoms with Gasteiger partial charge in [-0.2, -0.15) is 0 Å². The van der Waals surface area contributed by atoms with E-state index in [1.165, 1.54) is 6.07 Å². The van der Waals surface area contributed by atoms with Gasteiger partial charge in [-0.1, -0.05) is 0 Å². The molecule has 0 saturated carbocycles. The highest BCUT2D eigenvalue weighted by Gasteiger charge is 2.03. The molecule has 6 heteroatoms. The maximum atomic E-state index is 12.7. The van der Waals surface area contributed by atoms with Crippen molar-refractivity contribution in [1.82, 2.24) is 5.32 Å². The molecule has 16 heavy (non-hydrogen) atoms. The van der Waals surface area contributed by atoms with Crippen molar-refractivity contribution in [2.45, 2.75) is 0 Å². The van der Waals surface area contributed by atoms with Gasteiger partial charge in [-0.3, -0.25) is 4.79 Å². The Balaban J connectivity index is 2.32. The van der Waals surface area contributed by atoms with E-state index in [1.54, 1.807) is 0 Å². The fraction of sp³-hybridized carbons (Fsp3) is 0.300. The number of benzene rings is 1. The van der Waals surface area contributed by atoms with Crippen molar-refractivity contribution >= 4 is 17.5 Å². The van der Waals surface area contributed by atoms with Crippen LogP contribution in [0.2, 0.25) is 0 Å². The van der Waals surface area contributed by atoms with Crippen LogP contribution in [-0.2, 0) is 4.79 Å². The molecule has 0 atom stereocenters. The van der Waals surface area contributed by atoms with Crippen LogP contribution >= 0.6 is 11.6 Å². The first-order valence-corrected chi connectivity index (χ1v) is 5.07. The fourth-order valence-electron chi connectivity index (χ4n) is 0.973. The van der Waals surface area contributed by atoms with E-state index in [0.29, 0.717) is 0 Å². The highest BCUT2D eigenvalue weighted by Crippen LogP contribution is 2.14. The molecule has 0 aliphatic carbocycles. The number of carbonyl (C=O) groups excluding carboxylic acids is 1. The monoisotopic (exact) mass is 249 g/mol. The summed E-state index contributed by atoms with van der Waals surface area (Å²) in [5, 5.41) is 2.46. The van der Waals surface area contributed by atoms with Crippen LogP contribution in [0.25, 0.3) is 0 Å². The third kappa shape index (κ3) is 4.02. The molecule has 1 aromatic carbocycles. The molecule has 0 aromatic heterocycles. The van der Waals surface area contributed by atoms with Crippen LogP contribution < -0.4 is 10.1 Å². The number of alkyl halides is 1. The third-order valence-electron chi connectivity index (χ3n) is 1.71. The molecule has 0 radical (unpaired) electrons.